The van der Waals surface area contributed by atoms with Gasteiger partial charge in [-0.1, -0.05) is 0 Å². The molecule has 0 aliphatic heterocycles. The van der Waals surface area contributed by atoms with Crippen LogP contribution >= 0.6 is 0 Å². The zero-order valence-corrected chi connectivity index (χ0v) is 13.0. The first-order chi connectivity index (χ1) is 10.1. The quantitative estimate of drug-likeness (QED) is 0.888. The lowest BCUT2D eigenvalue weighted by atomic mass is 10.0. The van der Waals surface area contributed by atoms with Crippen LogP contribution in [0.25, 0.3) is 0 Å². The maximum atomic E-state index is 10.5. The van der Waals surface area contributed by atoms with Crippen LogP contribution in [0.1, 0.15) is 30.0 Å². The summed E-state index contributed by atoms with van der Waals surface area (Å²) < 4.78 is 12.4. The topological polar surface area (TPSA) is 56.5 Å². The molecule has 0 fully saturated rings. The van der Waals surface area contributed by atoms with Gasteiger partial charge in [-0.25, -0.2) is 0 Å². The number of rotatable bonds is 6. The highest BCUT2D eigenvalue weighted by atomic mass is 16.5. The Labute approximate surface area is 125 Å². The van der Waals surface area contributed by atoms with Crippen LogP contribution in [-0.4, -0.2) is 29.1 Å². The molecule has 1 atom stereocenters. The minimum atomic E-state index is -0.629. The minimum Gasteiger partial charge on any atom is -0.497 e. The van der Waals surface area contributed by atoms with Crippen LogP contribution in [0.5, 0.6) is 11.5 Å². The first-order valence-corrected chi connectivity index (χ1v) is 7.01. The van der Waals surface area contributed by atoms with E-state index in [4.69, 9.17) is 9.47 Å². The van der Waals surface area contributed by atoms with Crippen molar-refractivity contribution in [2.75, 3.05) is 14.2 Å². The zero-order chi connectivity index (χ0) is 15.4. The van der Waals surface area contributed by atoms with E-state index in [1.54, 1.807) is 20.3 Å². The molecule has 0 saturated carbocycles. The molecule has 0 aliphatic carbocycles. The van der Waals surface area contributed by atoms with Crippen molar-refractivity contribution in [2.24, 2.45) is 0 Å². The summed E-state index contributed by atoms with van der Waals surface area (Å²) in [6.07, 6.45) is -0.124. The van der Waals surface area contributed by atoms with Crippen LogP contribution in [-0.2, 0) is 13.0 Å². The third kappa shape index (κ3) is 3.55. The molecule has 1 heterocycles. The SMILES string of the molecule is CCn1nc(C)cc1CC(O)c1cc(OC)cc(OC)c1. The van der Waals surface area contributed by atoms with Crippen LogP contribution < -0.4 is 9.47 Å². The Kier molecular flexibility index (Phi) is 4.85. The molecule has 0 saturated heterocycles. The van der Waals surface area contributed by atoms with E-state index >= 15 is 0 Å². The summed E-state index contributed by atoms with van der Waals surface area (Å²) in [4.78, 5) is 0. The highest BCUT2D eigenvalue weighted by Gasteiger charge is 2.15. The molecular formula is C16H22N2O3. The largest absolute Gasteiger partial charge is 0.497 e. The third-order valence-corrected chi connectivity index (χ3v) is 3.45. The second kappa shape index (κ2) is 6.63. The van der Waals surface area contributed by atoms with Crippen molar-refractivity contribution in [3.8, 4) is 11.5 Å². The second-order valence-electron chi connectivity index (χ2n) is 4.96. The van der Waals surface area contributed by atoms with Crippen LogP contribution in [0.15, 0.2) is 24.3 Å². The highest BCUT2D eigenvalue weighted by molar-refractivity contribution is 5.39. The molecule has 0 aliphatic rings. The lowest BCUT2D eigenvalue weighted by Crippen LogP contribution is -2.08. The van der Waals surface area contributed by atoms with Crippen LogP contribution in [0.4, 0.5) is 0 Å². The zero-order valence-electron chi connectivity index (χ0n) is 13.0. The number of aromatic nitrogens is 2. The number of aliphatic hydroxyl groups excluding tert-OH is 1. The molecule has 2 rings (SSSR count). The summed E-state index contributed by atoms with van der Waals surface area (Å²) in [5.74, 6) is 1.34. The number of benzene rings is 1. The molecule has 1 N–H and O–H groups in total. The molecule has 114 valence electrons. The number of hydrogen-bond acceptors (Lipinski definition) is 4. The molecule has 5 nitrogen and oxygen atoms in total. The maximum absolute atomic E-state index is 10.5. The van der Waals surface area contributed by atoms with Gasteiger partial charge in [0.25, 0.3) is 0 Å². The fraction of sp³-hybridized carbons (Fsp3) is 0.438. The van der Waals surface area contributed by atoms with Crippen molar-refractivity contribution < 1.29 is 14.6 Å². The summed E-state index contributed by atoms with van der Waals surface area (Å²) in [6, 6.07) is 7.44. The molecule has 0 radical (unpaired) electrons. The summed E-state index contributed by atoms with van der Waals surface area (Å²) in [7, 11) is 3.20. The number of aryl methyl sites for hydroxylation is 2. The third-order valence-electron chi connectivity index (χ3n) is 3.45. The Bertz CT molecular complexity index is 585. The predicted molar refractivity (Wildman–Crippen MR) is 80.8 cm³/mol. The van der Waals surface area contributed by atoms with Gasteiger partial charge in [-0.05, 0) is 37.6 Å². The van der Waals surface area contributed by atoms with E-state index in [0.29, 0.717) is 17.9 Å². The van der Waals surface area contributed by atoms with Gasteiger partial charge < -0.3 is 14.6 Å². The summed E-state index contributed by atoms with van der Waals surface area (Å²) >= 11 is 0. The fourth-order valence-corrected chi connectivity index (χ4v) is 2.38. The van der Waals surface area contributed by atoms with Gasteiger partial charge in [0.05, 0.1) is 26.0 Å². The van der Waals surface area contributed by atoms with E-state index in [0.717, 1.165) is 23.5 Å². The van der Waals surface area contributed by atoms with Crippen molar-refractivity contribution >= 4 is 0 Å². The first-order valence-electron chi connectivity index (χ1n) is 7.01. The maximum Gasteiger partial charge on any atom is 0.122 e. The Morgan fingerprint density at radius 1 is 1.14 bits per heavy atom. The predicted octanol–water partition coefficient (Wildman–Crippen LogP) is 2.50. The number of aliphatic hydroxyl groups is 1. The Balaban J connectivity index is 2.25. The lowest BCUT2D eigenvalue weighted by molar-refractivity contribution is 0.174. The van der Waals surface area contributed by atoms with Crippen molar-refractivity contribution in [3.05, 3.63) is 41.2 Å². The molecule has 0 spiro atoms. The first kappa shape index (κ1) is 15.4. The fourth-order valence-electron chi connectivity index (χ4n) is 2.38. The molecule has 5 heteroatoms. The summed E-state index contributed by atoms with van der Waals surface area (Å²) in [6.45, 7) is 4.78. The smallest absolute Gasteiger partial charge is 0.122 e. The van der Waals surface area contributed by atoms with E-state index in [2.05, 4.69) is 5.10 Å². The number of hydrogen-bond donors (Lipinski definition) is 1. The van der Waals surface area contributed by atoms with E-state index in [1.807, 2.05) is 36.7 Å². The number of ether oxygens (including phenoxy) is 2. The molecular weight excluding hydrogens is 268 g/mol. The van der Waals surface area contributed by atoms with Crippen molar-refractivity contribution in [3.63, 3.8) is 0 Å². The lowest BCUT2D eigenvalue weighted by Gasteiger charge is -2.14. The average molecular weight is 290 g/mol. The monoisotopic (exact) mass is 290 g/mol. The second-order valence-corrected chi connectivity index (χ2v) is 4.96. The van der Waals surface area contributed by atoms with Crippen molar-refractivity contribution in [1.82, 2.24) is 9.78 Å². The van der Waals surface area contributed by atoms with Gasteiger partial charge in [-0.2, -0.15) is 5.10 Å². The highest BCUT2D eigenvalue weighted by Crippen LogP contribution is 2.28. The Morgan fingerprint density at radius 3 is 2.29 bits per heavy atom. The Morgan fingerprint density at radius 2 is 1.76 bits per heavy atom. The van der Waals surface area contributed by atoms with Crippen LogP contribution in [0.3, 0.4) is 0 Å². The standard InChI is InChI=1S/C16H22N2O3/c1-5-18-13(6-11(2)17-18)9-16(19)12-7-14(20-3)10-15(8-12)21-4/h6-8,10,16,19H,5,9H2,1-4H3. The van der Waals surface area contributed by atoms with Gasteiger partial charge in [0, 0.05) is 24.7 Å². The van der Waals surface area contributed by atoms with E-state index in [1.165, 1.54) is 0 Å². The molecule has 1 unspecified atom stereocenters. The molecule has 1 aromatic carbocycles. The van der Waals surface area contributed by atoms with Gasteiger partial charge in [-0.3, -0.25) is 4.68 Å². The molecule has 0 bridgehead atoms. The van der Waals surface area contributed by atoms with Gasteiger partial charge >= 0.3 is 0 Å². The molecule has 21 heavy (non-hydrogen) atoms. The normalized spacial score (nSPS) is 12.2. The van der Waals surface area contributed by atoms with E-state index in [9.17, 15) is 5.11 Å². The van der Waals surface area contributed by atoms with Gasteiger partial charge in [0.1, 0.15) is 11.5 Å². The van der Waals surface area contributed by atoms with Crippen LogP contribution in [0, 0.1) is 6.92 Å². The Hall–Kier alpha value is -2.01. The van der Waals surface area contributed by atoms with Gasteiger partial charge in [0.15, 0.2) is 0 Å². The molecule has 1 aromatic heterocycles. The van der Waals surface area contributed by atoms with Crippen LogP contribution in [0.2, 0.25) is 0 Å². The summed E-state index contributed by atoms with van der Waals surface area (Å²) in [5.41, 5.74) is 2.75. The van der Waals surface area contributed by atoms with E-state index < -0.39 is 6.10 Å². The average Bonchev–Trinajstić information content (AvgIpc) is 2.86. The molecule has 0 amide bonds. The number of nitrogens with zero attached hydrogens (tertiary/aromatic N) is 2. The minimum absolute atomic E-state index is 0.505. The summed E-state index contributed by atoms with van der Waals surface area (Å²) in [5, 5.41) is 14.9. The molecule has 2 aromatic rings. The van der Waals surface area contributed by atoms with Crippen molar-refractivity contribution in [1.29, 1.82) is 0 Å². The number of methoxy groups -OCH3 is 2. The van der Waals surface area contributed by atoms with E-state index in [-0.39, 0.29) is 0 Å². The van der Waals surface area contributed by atoms with Crippen molar-refractivity contribution in [2.45, 2.75) is 32.9 Å². The van der Waals surface area contributed by atoms with Gasteiger partial charge in [-0.15, -0.1) is 0 Å². The van der Waals surface area contributed by atoms with Gasteiger partial charge in [0.2, 0.25) is 0 Å².